The van der Waals surface area contributed by atoms with Gasteiger partial charge in [0.1, 0.15) is 0 Å². The number of anilines is 2. The molecule has 0 bridgehead atoms. The molecule has 3 heterocycles. The molecular formula is C26H26N4O4S2. The van der Waals surface area contributed by atoms with Crippen LogP contribution < -0.4 is 9.03 Å². The Morgan fingerprint density at radius 2 is 1.72 bits per heavy atom. The average Bonchev–Trinajstić information content (AvgIpc) is 3.05. The predicted molar refractivity (Wildman–Crippen MR) is 142 cm³/mol. The number of aryl methyl sites for hydroxylation is 1. The molecule has 4 aromatic rings. The summed E-state index contributed by atoms with van der Waals surface area (Å²) in [5, 5.41) is 0.877. The highest BCUT2D eigenvalue weighted by Crippen LogP contribution is 2.31. The molecule has 10 heteroatoms. The van der Waals surface area contributed by atoms with Crippen LogP contribution in [0.15, 0.2) is 78.0 Å². The van der Waals surface area contributed by atoms with Crippen LogP contribution in [0.5, 0.6) is 0 Å². The maximum Gasteiger partial charge on any atom is 0.261 e. The van der Waals surface area contributed by atoms with E-state index in [9.17, 15) is 16.8 Å². The lowest BCUT2D eigenvalue weighted by atomic mass is 10.0. The highest BCUT2D eigenvalue weighted by molar-refractivity contribution is 7.93. The van der Waals surface area contributed by atoms with E-state index in [4.69, 9.17) is 0 Å². The number of rotatable bonds is 5. The zero-order valence-electron chi connectivity index (χ0n) is 19.8. The maximum atomic E-state index is 13.1. The number of aromatic nitrogens is 2. The minimum atomic E-state index is -3.90. The molecule has 2 aromatic heterocycles. The summed E-state index contributed by atoms with van der Waals surface area (Å²) in [6.07, 6.45) is 5.68. The van der Waals surface area contributed by atoms with Gasteiger partial charge in [-0.1, -0.05) is 12.5 Å². The van der Waals surface area contributed by atoms with E-state index in [1.165, 1.54) is 16.4 Å². The SMILES string of the molecule is Cc1ccc(NS(=O)(=O)c2ccc(N3CCCCCS3(=O)=O)cc2)cc1-c1nccc2ncccc12. The second-order valence-corrected chi connectivity index (χ2v) is 12.5. The van der Waals surface area contributed by atoms with Crippen LogP contribution in [0.1, 0.15) is 24.8 Å². The Bertz CT molecular complexity index is 1630. The van der Waals surface area contributed by atoms with Crippen molar-refractivity contribution in [2.45, 2.75) is 31.1 Å². The molecule has 1 fully saturated rings. The number of pyridine rings is 2. The first-order chi connectivity index (χ1) is 17.2. The van der Waals surface area contributed by atoms with Gasteiger partial charge < -0.3 is 0 Å². The van der Waals surface area contributed by atoms with Crippen LogP contribution in [0.4, 0.5) is 11.4 Å². The Kier molecular flexibility index (Phi) is 6.40. The highest BCUT2D eigenvalue weighted by atomic mass is 32.2. The van der Waals surface area contributed by atoms with Gasteiger partial charge in [-0.3, -0.25) is 19.0 Å². The van der Waals surface area contributed by atoms with Crippen molar-refractivity contribution in [2.75, 3.05) is 21.3 Å². The van der Waals surface area contributed by atoms with Gasteiger partial charge in [0.25, 0.3) is 10.0 Å². The lowest BCUT2D eigenvalue weighted by Gasteiger charge is -2.22. The van der Waals surface area contributed by atoms with Crippen molar-refractivity contribution >= 4 is 42.3 Å². The highest BCUT2D eigenvalue weighted by Gasteiger charge is 2.25. The van der Waals surface area contributed by atoms with Crippen molar-refractivity contribution < 1.29 is 16.8 Å². The van der Waals surface area contributed by atoms with E-state index in [0.29, 0.717) is 24.3 Å². The smallest absolute Gasteiger partial charge is 0.261 e. The number of sulfonamides is 2. The van der Waals surface area contributed by atoms with Crippen molar-refractivity contribution in [3.05, 3.63) is 78.6 Å². The van der Waals surface area contributed by atoms with Crippen molar-refractivity contribution in [1.29, 1.82) is 0 Å². The van der Waals surface area contributed by atoms with Crippen molar-refractivity contribution in [1.82, 2.24) is 9.97 Å². The third kappa shape index (κ3) is 4.78. The second kappa shape index (κ2) is 9.51. The molecule has 2 aromatic carbocycles. The normalized spacial score (nSPS) is 16.0. The summed E-state index contributed by atoms with van der Waals surface area (Å²) >= 11 is 0. The van der Waals surface area contributed by atoms with Crippen LogP contribution in [0.3, 0.4) is 0 Å². The standard InChI is InChI=1S/C26H26N4O4S2/c1-19-7-8-20(18-24(19)26-23-6-5-14-27-25(23)13-15-28-26)29-36(33,34)22-11-9-21(10-12-22)30-16-3-2-4-17-35(30,31)32/h5-15,18,29H,2-4,16-17H2,1H3. The average molecular weight is 523 g/mol. The van der Waals surface area contributed by atoms with Gasteiger partial charge in [0.05, 0.1) is 27.5 Å². The van der Waals surface area contributed by atoms with Crippen LogP contribution in [0.2, 0.25) is 0 Å². The molecule has 0 atom stereocenters. The van der Waals surface area contributed by atoms with Gasteiger partial charge >= 0.3 is 0 Å². The first kappa shape index (κ1) is 24.2. The maximum absolute atomic E-state index is 13.1. The van der Waals surface area contributed by atoms with Gasteiger partial charge in [0.2, 0.25) is 10.0 Å². The van der Waals surface area contributed by atoms with E-state index in [2.05, 4.69) is 14.7 Å². The fourth-order valence-electron chi connectivity index (χ4n) is 4.42. The summed E-state index contributed by atoms with van der Waals surface area (Å²) < 4.78 is 55.5. The summed E-state index contributed by atoms with van der Waals surface area (Å²) in [6.45, 7) is 2.34. The minimum absolute atomic E-state index is 0.0491. The monoisotopic (exact) mass is 522 g/mol. The Morgan fingerprint density at radius 1 is 0.917 bits per heavy atom. The van der Waals surface area contributed by atoms with Gasteiger partial charge in [0.15, 0.2) is 0 Å². The van der Waals surface area contributed by atoms with Crippen molar-refractivity contribution in [3.63, 3.8) is 0 Å². The summed E-state index contributed by atoms with van der Waals surface area (Å²) in [6, 6.07) is 16.9. The number of hydrogen-bond donors (Lipinski definition) is 1. The molecule has 186 valence electrons. The molecule has 1 saturated heterocycles. The molecule has 1 N–H and O–H groups in total. The fourth-order valence-corrected chi connectivity index (χ4v) is 7.11. The fraction of sp³-hybridized carbons (Fsp3) is 0.231. The molecule has 0 radical (unpaired) electrons. The molecule has 0 spiro atoms. The predicted octanol–water partition coefficient (Wildman–Crippen LogP) is 4.73. The Hall–Kier alpha value is -3.50. The minimum Gasteiger partial charge on any atom is -0.280 e. The van der Waals surface area contributed by atoms with E-state index < -0.39 is 20.0 Å². The Balaban J connectivity index is 1.43. The van der Waals surface area contributed by atoms with Gasteiger partial charge in [-0.15, -0.1) is 0 Å². The molecular weight excluding hydrogens is 496 g/mol. The van der Waals surface area contributed by atoms with Crippen LogP contribution >= 0.6 is 0 Å². The van der Waals surface area contributed by atoms with Gasteiger partial charge in [-0.2, -0.15) is 0 Å². The number of nitrogens with zero attached hydrogens (tertiary/aromatic N) is 3. The topological polar surface area (TPSA) is 109 Å². The van der Waals surface area contributed by atoms with E-state index in [-0.39, 0.29) is 10.6 Å². The molecule has 1 aliphatic rings. The lowest BCUT2D eigenvalue weighted by Crippen LogP contribution is -2.32. The van der Waals surface area contributed by atoms with Gasteiger partial charge in [0, 0.05) is 35.6 Å². The largest absolute Gasteiger partial charge is 0.280 e. The van der Waals surface area contributed by atoms with Crippen molar-refractivity contribution in [3.8, 4) is 11.3 Å². The Labute approximate surface area is 211 Å². The molecule has 0 aliphatic carbocycles. The summed E-state index contributed by atoms with van der Waals surface area (Å²) in [5.41, 5.74) is 4.16. The zero-order chi connectivity index (χ0) is 25.3. The van der Waals surface area contributed by atoms with Gasteiger partial charge in [-0.05, 0) is 79.9 Å². The molecule has 8 nitrogen and oxygen atoms in total. The first-order valence-corrected chi connectivity index (χ1v) is 14.8. The third-order valence-electron chi connectivity index (χ3n) is 6.31. The number of nitrogens with one attached hydrogen (secondary N) is 1. The summed E-state index contributed by atoms with van der Waals surface area (Å²) in [7, 11) is -7.30. The number of benzene rings is 2. The number of hydrogen-bond acceptors (Lipinski definition) is 6. The molecule has 0 saturated carbocycles. The van der Waals surface area contributed by atoms with Crippen LogP contribution in [-0.2, 0) is 20.0 Å². The molecule has 5 rings (SSSR count). The number of fused-ring (bicyclic) bond motifs is 1. The van der Waals surface area contributed by atoms with Crippen molar-refractivity contribution in [2.24, 2.45) is 0 Å². The Morgan fingerprint density at radius 3 is 2.53 bits per heavy atom. The van der Waals surface area contributed by atoms with Gasteiger partial charge in [-0.25, -0.2) is 16.8 Å². The summed E-state index contributed by atoms with van der Waals surface area (Å²) in [4.78, 5) is 8.97. The van der Waals surface area contributed by atoms with E-state index >= 15 is 0 Å². The molecule has 0 amide bonds. The van der Waals surface area contributed by atoms with Crippen LogP contribution in [0.25, 0.3) is 22.2 Å². The van der Waals surface area contributed by atoms with E-state index in [1.54, 1.807) is 36.7 Å². The third-order valence-corrected chi connectivity index (χ3v) is 9.58. The van der Waals surface area contributed by atoms with Crippen LogP contribution in [-0.4, -0.2) is 39.1 Å². The van der Waals surface area contributed by atoms with Crippen LogP contribution in [0, 0.1) is 6.92 Å². The zero-order valence-corrected chi connectivity index (χ0v) is 21.4. The molecule has 1 aliphatic heterocycles. The lowest BCUT2D eigenvalue weighted by molar-refractivity contribution is 0.592. The van der Waals surface area contributed by atoms with E-state index in [1.807, 2.05) is 31.2 Å². The molecule has 36 heavy (non-hydrogen) atoms. The first-order valence-electron chi connectivity index (χ1n) is 11.7. The van der Waals surface area contributed by atoms with E-state index in [0.717, 1.165) is 40.6 Å². The molecule has 0 unspecified atom stereocenters. The quantitative estimate of drug-likeness (QED) is 0.406. The second-order valence-electron chi connectivity index (χ2n) is 8.81. The summed E-state index contributed by atoms with van der Waals surface area (Å²) in [5.74, 6) is 0.103.